The van der Waals surface area contributed by atoms with Gasteiger partial charge in [0.1, 0.15) is 5.84 Å². The molecule has 0 saturated heterocycles. The lowest BCUT2D eigenvalue weighted by Gasteiger charge is -2.12. The number of hydrogen-bond acceptors (Lipinski definition) is 2. The van der Waals surface area contributed by atoms with Crippen LogP contribution < -0.4 is 5.32 Å². The molecular formula is C9H12N2. The second-order valence-electron chi connectivity index (χ2n) is 2.85. The largest absolute Gasteiger partial charge is 0.371 e. The average molecular weight is 148 g/mol. The molecule has 2 heteroatoms. The lowest BCUT2D eigenvalue weighted by molar-refractivity contribution is 0.830. The van der Waals surface area contributed by atoms with Crippen molar-refractivity contribution in [3.8, 4) is 0 Å². The number of rotatable bonds is 1. The van der Waals surface area contributed by atoms with Gasteiger partial charge in [0.2, 0.25) is 0 Å². The summed E-state index contributed by atoms with van der Waals surface area (Å²) in [4.78, 5) is 4.38. The SMILES string of the molecule is C1=CCC(C2=NCCN2)C=C1. The second kappa shape index (κ2) is 2.91. The lowest BCUT2D eigenvalue weighted by Crippen LogP contribution is -2.26. The van der Waals surface area contributed by atoms with E-state index in [4.69, 9.17) is 0 Å². The first-order chi connectivity index (χ1) is 5.47. The van der Waals surface area contributed by atoms with Crippen LogP contribution in [0.4, 0.5) is 0 Å². The van der Waals surface area contributed by atoms with Crippen LogP contribution >= 0.6 is 0 Å². The zero-order chi connectivity index (χ0) is 7.52. The van der Waals surface area contributed by atoms with Gasteiger partial charge in [-0.05, 0) is 6.42 Å². The molecule has 0 amide bonds. The van der Waals surface area contributed by atoms with Crippen molar-refractivity contribution in [3.05, 3.63) is 24.3 Å². The predicted octanol–water partition coefficient (Wildman–Crippen LogP) is 1.12. The van der Waals surface area contributed by atoms with Gasteiger partial charge in [-0.15, -0.1) is 0 Å². The van der Waals surface area contributed by atoms with E-state index in [2.05, 4.69) is 34.6 Å². The number of aliphatic imine (C=N–C) groups is 1. The van der Waals surface area contributed by atoms with E-state index in [0.717, 1.165) is 19.5 Å². The van der Waals surface area contributed by atoms with Crippen molar-refractivity contribution in [1.29, 1.82) is 0 Å². The highest BCUT2D eigenvalue weighted by molar-refractivity contribution is 5.87. The van der Waals surface area contributed by atoms with Gasteiger partial charge in [0.25, 0.3) is 0 Å². The van der Waals surface area contributed by atoms with E-state index in [1.54, 1.807) is 0 Å². The summed E-state index contributed by atoms with van der Waals surface area (Å²) in [6.45, 7) is 1.97. The van der Waals surface area contributed by atoms with Crippen LogP contribution in [0.15, 0.2) is 29.3 Å². The second-order valence-corrected chi connectivity index (χ2v) is 2.85. The molecule has 0 fully saturated rings. The molecule has 0 aromatic carbocycles. The topological polar surface area (TPSA) is 24.4 Å². The maximum Gasteiger partial charge on any atom is 0.104 e. The van der Waals surface area contributed by atoms with Gasteiger partial charge in [-0.1, -0.05) is 24.3 Å². The van der Waals surface area contributed by atoms with E-state index in [1.165, 1.54) is 5.84 Å². The smallest absolute Gasteiger partial charge is 0.104 e. The number of nitrogens with zero attached hydrogens (tertiary/aromatic N) is 1. The molecule has 0 spiro atoms. The van der Waals surface area contributed by atoms with E-state index in [1.807, 2.05) is 0 Å². The van der Waals surface area contributed by atoms with Gasteiger partial charge in [-0.25, -0.2) is 0 Å². The van der Waals surface area contributed by atoms with Crippen molar-refractivity contribution < 1.29 is 0 Å². The van der Waals surface area contributed by atoms with Gasteiger partial charge in [-0.3, -0.25) is 4.99 Å². The number of hydrogen-bond donors (Lipinski definition) is 1. The molecule has 0 saturated carbocycles. The predicted molar refractivity (Wildman–Crippen MR) is 46.7 cm³/mol. The van der Waals surface area contributed by atoms with Gasteiger partial charge >= 0.3 is 0 Å². The Morgan fingerprint density at radius 1 is 1.45 bits per heavy atom. The molecular weight excluding hydrogens is 136 g/mol. The van der Waals surface area contributed by atoms with Crippen LogP contribution in [-0.2, 0) is 0 Å². The fourth-order valence-corrected chi connectivity index (χ4v) is 1.45. The molecule has 0 aromatic heterocycles. The van der Waals surface area contributed by atoms with Gasteiger partial charge < -0.3 is 5.32 Å². The fraction of sp³-hybridized carbons (Fsp3) is 0.444. The van der Waals surface area contributed by atoms with Gasteiger partial charge in [0, 0.05) is 12.5 Å². The lowest BCUT2D eigenvalue weighted by atomic mass is 10.00. The van der Waals surface area contributed by atoms with Crippen LogP contribution in [0, 0.1) is 5.92 Å². The van der Waals surface area contributed by atoms with Crippen molar-refractivity contribution in [2.75, 3.05) is 13.1 Å². The highest BCUT2D eigenvalue weighted by Crippen LogP contribution is 2.13. The van der Waals surface area contributed by atoms with E-state index in [-0.39, 0.29) is 0 Å². The van der Waals surface area contributed by atoms with E-state index in [0.29, 0.717) is 5.92 Å². The number of allylic oxidation sites excluding steroid dienone is 3. The Kier molecular flexibility index (Phi) is 1.76. The summed E-state index contributed by atoms with van der Waals surface area (Å²) in [6.07, 6.45) is 9.68. The van der Waals surface area contributed by atoms with Gasteiger partial charge in [0.05, 0.1) is 6.54 Å². The first-order valence-corrected chi connectivity index (χ1v) is 4.08. The van der Waals surface area contributed by atoms with Crippen LogP contribution in [-0.4, -0.2) is 18.9 Å². The van der Waals surface area contributed by atoms with Crippen molar-refractivity contribution >= 4 is 5.84 Å². The minimum absolute atomic E-state index is 0.516. The minimum Gasteiger partial charge on any atom is -0.371 e. The summed E-state index contributed by atoms with van der Waals surface area (Å²) in [5.74, 6) is 1.69. The quantitative estimate of drug-likeness (QED) is 0.592. The Balaban J connectivity index is 2.05. The van der Waals surface area contributed by atoms with Crippen LogP contribution in [0.2, 0.25) is 0 Å². The molecule has 1 aliphatic heterocycles. The Morgan fingerprint density at radius 2 is 2.45 bits per heavy atom. The van der Waals surface area contributed by atoms with Crippen molar-refractivity contribution in [1.82, 2.24) is 5.32 Å². The number of amidine groups is 1. The molecule has 1 N–H and O–H groups in total. The van der Waals surface area contributed by atoms with Crippen LogP contribution in [0.3, 0.4) is 0 Å². The fourth-order valence-electron chi connectivity index (χ4n) is 1.45. The van der Waals surface area contributed by atoms with E-state index >= 15 is 0 Å². The molecule has 1 atom stereocenters. The maximum absolute atomic E-state index is 4.38. The zero-order valence-electron chi connectivity index (χ0n) is 6.46. The third-order valence-electron chi connectivity index (χ3n) is 2.03. The Labute approximate surface area is 66.7 Å². The molecule has 2 nitrogen and oxygen atoms in total. The summed E-state index contributed by atoms with van der Waals surface area (Å²) in [7, 11) is 0. The van der Waals surface area contributed by atoms with E-state index in [9.17, 15) is 0 Å². The van der Waals surface area contributed by atoms with Crippen molar-refractivity contribution in [3.63, 3.8) is 0 Å². The van der Waals surface area contributed by atoms with Crippen molar-refractivity contribution in [2.45, 2.75) is 6.42 Å². The summed E-state index contributed by atoms with van der Waals surface area (Å²) in [5.41, 5.74) is 0. The average Bonchev–Trinajstić information content (AvgIpc) is 2.58. The van der Waals surface area contributed by atoms with Crippen LogP contribution in [0.1, 0.15) is 6.42 Å². The monoisotopic (exact) mass is 148 g/mol. The minimum atomic E-state index is 0.516. The normalized spacial score (nSPS) is 28.4. The highest BCUT2D eigenvalue weighted by Gasteiger charge is 2.14. The third kappa shape index (κ3) is 1.34. The highest BCUT2D eigenvalue weighted by atomic mass is 15.1. The molecule has 0 aromatic rings. The first-order valence-electron chi connectivity index (χ1n) is 4.08. The Hall–Kier alpha value is -1.05. The summed E-state index contributed by atoms with van der Waals surface area (Å²) in [5, 5.41) is 3.29. The van der Waals surface area contributed by atoms with Gasteiger partial charge in [-0.2, -0.15) is 0 Å². The zero-order valence-corrected chi connectivity index (χ0v) is 6.46. The first kappa shape index (κ1) is 6.65. The molecule has 1 aliphatic carbocycles. The third-order valence-corrected chi connectivity index (χ3v) is 2.03. The Morgan fingerprint density at radius 3 is 3.09 bits per heavy atom. The van der Waals surface area contributed by atoms with Crippen LogP contribution in [0.25, 0.3) is 0 Å². The molecule has 1 heterocycles. The van der Waals surface area contributed by atoms with E-state index < -0.39 is 0 Å². The molecule has 2 aliphatic rings. The molecule has 58 valence electrons. The Bertz CT molecular complexity index is 226. The summed E-state index contributed by atoms with van der Waals surface area (Å²) < 4.78 is 0. The molecule has 0 radical (unpaired) electrons. The molecule has 1 unspecified atom stereocenters. The standard InChI is InChI=1S/C9H12N2/c1-2-4-8(5-3-1)9-10-6-7-11-9/h1-4,8H,5-7H2,(H,10,11). The summed E-state index contributed by atoms with van der Waals surface area (Å²) >= 11 is 0. The molecule has 2 rings (SSSR count). The number of nitrogens with one attached hydrogen (secondary N) is 1. The molecule has 11 heavy (non-hydrogen) atoms. The summed E-state index contributed by atoms with van der Waals surface area (Å²) in [6, 6.07) is 0. The van der Waals surface area contributed by atoms with Gasteiger partial charge in [0.15, 0.2) is 0 Å². The maximum atomic E-state index is 4.38. The molecule has 0 bridgehead atoms. The van der Waals surface area contributed by atoms with Crippen LogP contribution in [0.5, 0.6) is 0 Å². The van der Waals surface area contributed by atoms with Crippen molar-refractivity contribution in [2.24, 2.45) is 10.9 Å².